The number of piperidine rings is 1. The van der Waals surface area contributed by atoms with Crippen molar-refractivity contribution in [1.29, 1.82) is 0 Å². The van der Waals surface area contributed by atoms with Crippen molar-refractivity contribution in [3.8, 4) is 0 Å². The molecule has 22 heavy (non-hydrogen) atoms. The average Bonchev–Trinajstić information content (AvgIpc) is 2.87. The molecule has 1 fully saturated rings. The second-order valence-electron chi connectivity index (χ2n) is 5.56. The number of fused-ring (bicyclic) bond motifs is 1. The van der Waals surface area contributed by atoms with E-state index in [0.717, 1.165) is 16.2 Å². The summed E-state index contributed by atoms with van der Waals surface area (Å²) < 4.78 is 26.7. The zero-order chi connectivity index (χ0) is 15.9. The number of hydrogen-bond donors (Lipinski definition) is 3. The number of carboxylic acids is 1. The standard InChI is InChI=1S/C13H18N2O5S2/c16-8-2-1-5-15(7-8)22(19,20)13-11(12(17)18)9-3-4-14-6-10(9)21-13/h8,14,16H,1-7H2,(H,17,18)/t8-/m0/s1. The van der Waals surface area contributed by atoms with Gasteiger partial charge in [-0.1, -0.05) is 0 Å². The molecule has 1 saturated heterocycles. The van der Waals surface area contributed by atoms with Crippen molar-refractivity contribution in [3.63, 3.8) is 0 Å². The predicted octanol–water partition coefficient (Wildman–Crippen LogP) is 0.237. The fourth-order valence-electron chi connectivity index (χ4n) is 2.96. The number of carboxylic acid groups (broad SMARTS) is 1. The molecule has 1 atom stereocenters. The molecule has 1 aromatic heterocycles. The number of aliphatic hydroxyl groups is 1. The van der Waals surface area contributed by atoms with Gasteiger partial charge in [0.1, 0.15) is 4.21 Å². The molecule has 9 heteroatoms. The SMILES string of the molecule is O=C(O)c1c(S(=O)(=O)N2CCC[C@H](O)C2)sc2c1CCNC2. The second-order valence-corrected chi connectivity index (χ2v) is 8.80. The Balaban J connectivity index is 2.06. The molecule has 3 rings (SSSR count). The highest BCUT2D eigenvalue weighted by Gasteiger charge is 2.37. The Kier molecular flexibility index (Phi) is 4.25. The van der Waals surface area contributed by atoms with E-state index in [1.165, 1.54) is 4.31 Å². The first-order chi connectivity index (χ1) is 10.4. The summed E-state index contributed by atoms with van der Waals surface area (Å²) in [5.74, 6) is -1.20. The normalized spacial score (nSPS) is 23.2. The zero-order valence-corrected chi connectivity index (χ0v) is 13.5. The highest BCUT2D eigenvalue weighted by atomic mass is 32.2. The number of hydrogen-bond acceptors (Lipinski definition) is 6. The van der Waals surface area contributed by atoms with E-state index in [1.54, 1.807) is 0 Å². The number of aromatic carboxylic acids is 1. The van der Waals surface area contributed by atoms with E-state index in [1.807, 2.05) is 0 Å². The molecule has 0 saturated carbocycles. The first-order valence-electron chi connectivity index (χ1n) is 7.18. The summed E-state index contributed by atoms with van der Waals surface area (Å²) in [5, 5.41) is 22.3. The van der Waals surface area contributed by atoms with Gasteiger partial charge >= 0.3 is 5.97 Å². The first kappa shape index (κ1) is 15.9. The Labute approximate surface area is 132 Å². The predicted molar refractivity (Wildman–Crippen MR) is 80.7 cm³/mol. The second kappa shape index (κ2) is 5.89. The van der Waals surface area contributed by atoms with Gasteiger partial charge in [0.25, 0.3) is 10.0 Å². The molecule has 3 heterocycles. The number of sulfonamides is 1. The molecular weight excluding hydrogens is 328 g/mol. The maximum atomic E-state index is 12.8. The Bertz CT molecular complexity index is 698. The number of rotatable bonds is 3. The lowest BCUT2D eigenvalue weighted by Crippen LogP contribution is -2.42. The number of carbonyl (C=O) groups is 1. The van der Waals surface area contributed by atoms with Gasteiger partial charge in [-0.3, -0.25) is 0 Å². The maximum Gasteiger partial charge on any atom is 0.338 e. The molecule has 7 nitrogen and oxygen atoms in total. The molecule has 1 aromatic rings. The number of aliphatic hydroxyl groups excluding tert-OH is 1. The summed E-state index contributed by atoms with van der Waals surface area (Å²) in [6.45, 7) is 1.49. The summed E-state index contributed by atoms with van der Waals surface area (Å²) in [7, 11) is -3.88. The van der Waals surface area contributed by atoms with Crippen LogP contribution in [0.2, 0.25) is 0 Å². The average molecular weight is 346 g/mol. The van der Waals surface area contributed by atoms with Crippen LogP contribution in [0.4, 0.5) is 0 Å². The molecule has 2 aliphatic rings. The minimum absolute atomic E-state index is 0.0300. The van der Waals surface area contributed by atoms with Gasteiger partial charge in [0.2, 0.25) is 0 Å². The van der Waals surface area contributed by atoms with Crippen LogP contribution in [0.25, 0.3) is 0 Å². The van der Waals surface area contributed by atoms with Crippen molar-refractivity contribution in [2.45, 2.75) is 36.1 Å². The van der Waals surface area contributed by atoms with Crippen molar-refractivity contribution < 1.29 is 23.4 Å². The van der Waals surface area contributed by atoms with E-state index in [0.29, 0.717) is 44.5 Å². The molecule has 0 amide bonds. The first-order valence-corrected chi connectivity index (χ1v) is 9.43. The van der Waals surface area contributed by atoms with Gasteiger partial charge in [-0.15, -0.1) is 11.3 Å². The van der Waals surface area contributed by atoms with Crippen LogP contribution in [0.15, 0.2) is 4.21 Å². The summed E-state index contributed by atoms with van der Waals surface area (Å²) in [4.78, 5) is 12.4. The molecule has 3 N–H and O–H groups in total. The lowest BCUT2D eigenvalue weighted by molar-refractivity contribution is 0.0692. The fraction of sp³-hybridized carbons (Fsp3) is 0.615. The molecule has 122 valence electrons. The number of thiophene rings is 1. The molecule has 2 aliphatic heterocycles. The van der Waals surface area contributed by atoms with Gasteiger partial charge in [-0.25, -0.2) is 13.2 Å². The monoisotopic (exact) mass is 346 g/mol. The summed E-state index contributed by atoms with van der Waals surface area (Å²) in [6.07, 6.45) is 0.983. The number of β-amino-alcohol motifs (C(OH)–C–C–N with tert-alkyl or cyclic N) is 1. The zero-order valence-electron chi connectivity index (χ0n) is 11.9. The van der Waals surface area contributed by atoms with Gasteiger partial charge in [-0.05, 0) is 31.4 Å². The van der Waals surface area contributed by atoms with Gasteiger partial charge in [0.15, 0.2) is 0 Å². The summed E-state index contributed by atoms with van der Waals surface area (Å²) in [5.41, 5.74) is 0.550. The molecule has 0 bridgehead atoms. The minimum Gasteiger partial charge on any atom is -0.478 e. The Hall–Kier alpha value is -1.00. The third kappa shape index (κ3) is 2.67. The molecule has 0 spiro atoms. The fourth-order valence-corrected chi connectivity index (χ4v) is 6.48. The minimum atomic E-state index is -3.88. The third-order valence-electron chi connectivity index (χ3n) is 4.04. The van der Waals surface area contributed by atoms with Crippen molar-refractivity contribution >= 4 is 27.3 Å². The van der Waals surface area contributed by atoms with Crippen LogP contribution in [0.5, 0.6) is 0 Å². The Morgan fingerprint density at radius 2 is 2.18 bits per heavy atom. The van der Waals surface area contributed by atoms with Gasteiger partial charge in [0, 0.05) is 24.5 Å². The van der Waals surface area contributed by atoms with Gasteiger partial charge in [-0.2, -0.15) is 4.31 Å². The smallest absolute Gasteiger partial charge is 0.338 e. The topological polar surface area (TPSA) is 107 Å². The van der Waals surface area contributed by atoms with Crippen molar-refractivity contribution in [1.82, 2.24) is 9.62 Å². The van der Waals surface area contributed by atoms with Crippen LogP contribution in [0.3, 0.4) is 0 Å². The molecule has 0 unspecified atom stereocenters. The van der Waals surface area contributed by atoms with Crippen molar-refractivity contribution in [3.05, 3.63) is 16.0 Å². The Morgan fingerprint density at radius 3 is 2.86 bits per heavy atom. The van der Waals surface area contributed by atoms with Crippen LogP contribution in [-0.4, -0.2) is 54.6 Å². The van der Waals surface area contributed by atoms with Crippen LogP contribution < -0.4 is 5.32 Å². The number of nitrogens with one attached hydrogen (secondary N) is 1. The van der Waals surface area contributed by atoms with E-state index in [4.69, 9.17) is 0 Å². The summed E-state index contributed by atoms with van der Waals surface area (Å²) >= 11 is 1.04. The van der Waals surface area contributed by atoms with E-state index < -0.39 is 22.1 Å². The van der Waals surface area contributed by atoms with Crippen LogP contribution in [0.1, 0.15) is 33.6 Å². The largest absolute Gasteiger partial charge is 0.478 e. The highest BCUT2D eigenvalue weighted by molar-refractivity contribution is 7.91. The lowest BCUT2D eigenvalue weighted by Gasteiger charge is -2.28. The lowest BCUT2D eigenvalue weighted by atomic mass is 10.1. The Morgan fingerprint density at radius 1 is 1.41 bits per heavy atom. The number of nitrogens with zero attached hydrogens (tertiary/aromatic N) is 1. The van der Waals surface area contributed by atoms with Gasteiger partial charge in [0.05, 0.1) is 11.7 Å². The molecular formula is C13H18N2O5S2. The van der Waals surface area contributed by atoms with Crippen LogP contribution >= 0.6 is 11.3 Å². The van der Waals surface area contributed by atoms with E-state index in [9.17, 15) is 23.4 Å². The quantitative estimate of drug-likeness (QED) is 0.724. The molecule has 0 aromatic carbocycles. The highest BCUT2D eigenvalue weighted by Crippen LogP contribution is 2.36. The summed E-state index contributed by atoms with van der Waals surface area (Å²) in [6, 6.07) is 0. The molecule has 0 aliphatic carbocycles. The van der Waals surface area contributed by atoms with Crippen LogP contribution in [0, 0.1) is 0 Å². The van der Waals surface area contributed by atoms with Crippen molar-refractivity contribution in [2.24, 2.45) is 0 Å². The van der Waals surface area contributed by atoms with E-state index >= 15 is 0 Å². The van der Waals surface area contributed by atoms with E-state index in [-0.39, 0.29) is 16.3 Å². The van der Waals surface area contributed by atoms with E-state index in [2.05, 4.69) is 5.32 Å². The maximum absolute atomic E-state index is 12.8. The third-order valence-corrected chi connectivity index (χ3v) is 7.64. The van der Waals surface area contributed by atoms with Crippen molar-refractivity contribution in [2.75, 3.05) is 19.6 Å². The van der Waals surface area contributed by atoms with Gasteiger partial charge < -0.3 is 15.5 Å². The molecule has 0 radical (unpaired) electrons. The van der Waals surface area contributed by atoms with Crippen LogP contribution in [-0.2, 0) is 23.0 Å².